The standard InChI is InChI=1S/C5H7NO3S2/c6-3(7)2(4(8)9)5-10-1-11-5/h2,5H,1H2,(H2,6,7)(H,8,9). The molecular formula is C5H7NO3S2. The van der Waals surface area contributed by atoms with E-state index >= 15 is 0 Å². The summed E-state index contributed by atoms with van der Waals surface area (Å²) in [5.74, 6) is -2.90. The zero-order chi connectivity index (χ0) is 8.43. The number of hydrogen-bond donors (Lipinski definition) is 2. The Balaban J connectivity index is 2.58. The second-order valence-corrected chi connectivity index (χ2v) is 4.96. The molecule has 11 heavy (non-hydrogen) atoms. The first-order chi connectivity index (χ1) is 5.13. The van der Waals surface area contributed by atoms with Crippen LogP contribution >= 0.6 is 23.5 Å². The van der Waals surface area contributed by atoms with E-state index in [1.165, 1.54) is 23.5 Å². The Hall–Kier alpha value is -0.360. The Kier molecular flexibility index (Phi) is 2.67. The fourth-order valence-corrected chi connectivity index (χ4v) is 2.77. The molecule has 0 aromatic rings. The number of carboxylic acids is 1. The Labute approximate surface area is 71.9 Å². The second-order valence-electron chi connectivity index (χ2n) is 2.04. The number of hydrogen-bond acceptors (Lipinski definition) is 4. The van der Waals surface area contributed by atoms with Crippen molar-refractivity contribution in [2.75, 3.05) is 5.08 Å². The maximum absolute atomic E-state index is 10.6. The summed E-state index contributed by atoms with van der Waals surface area (Å²) in [6, 6.07) is 0. The van der Waals surface area contributed by atoms with Gasteiger partial charge in [-0.15, -0.1) is 23.5 Å². The van der Waals surface area contributed by atoms with Gasteiger partial charge in [0.1, 0.15) is 0 Å². The highest BCUT2D eigenvalue weighted by atomic mass is 32.3. The topological polar surface area (TPSA) is 80.4 Å². The molecule has 0 aliphatic carbocycles. The van der Waals surface area contributed by atoms with Gasteiger partial charge in [0, 0.05) is 5.08 Å². The minimum absolute atomic E-state index is 0.176. The van der Waals surface area contributed by atoms with E-state index in [2.05, 4.69) is 0 Å². The molecule has 1 saturated heterocycles. The first-order valence-electron chi connectivity index (χ1n) is 2.88. The summed E-state index contributed by atoms with van der Waals surface area (Å²) >= 11 is 2.90. The van der Waals surface area contributed by atoms with E-state index in [0.717, 1.165) is 5.08 Å². The van der Waals surface area contributed by atoms with Gasteiger partial charge in [0.15, 0.2) is 5.92 Å². The molecule has 0 bridgehead atoms. The van der Waals surface area contributed by atoms with Gasteiger partial charge in [-0.25, -0.2) is 0 Å². The van der Waals surface area contributed by atoms with Crippen LogP contribution in [0.5, 0.6) is 0 Å². The summed E-state index contributed by atoms with van der Waals surface area (Å²) < 4.78 is -0.176. The number of amides is 1. The minimum atomic E-state index is -1.12. The first kappa shape index (κ1) is 8.73. The first-order valence-corrected chi connectivity index (χ1v) is 4.98. The Morgan fingerprint density at radius 1 is 1.55 bits per heavy atom. The lowest BCUT2D eigenvalue weighted by atomic mass is 10.2. The fraction of sp³-hybridized carbons (Fsp3) is 0.600. The number of carboxylic acid groups (broad SMARTS) is 1. The van der Waals surface area contributed by atoms with Crippen LogP contribution in [0.25, 0.3) is 0 Å². The van der Waals surface area contributed by atoms with Gasteiger partial charge in [-0.3, -0.25) is 9.59 Å². The quantitative estimate of drug-likeness (QED) is 0.613. The van der Waals surface area contributed by atoms with Crippen molar-refractivity contribution in [2.45, 2.75) is 4.58 Å². The maximum Gasteiger partial charge on any atom is 0.318 e. The van der Waals surface area contributed by atoms with Crippen molar-refractivity contribution < 1.29 is 14.7 Å². The van der Waals surface area contributed by atoms with Crippen LogP contribution in [-0.2, 0) is 9.59 Å². The predicted molar refractivity (Wildman–Crippen MR) is 44.2 cm³/mol. The van der Waals surface area contributed by atoms with Gasteiger partial charge < -0.3 is 10.8 Å². The molecule has 1 amide bonds. The molecule has 1 rings (SSSR count). The van der Waals surface area contributed by atoms with Crippen molar-refractivity contribution in [3.63, 3.8) is 0 Å². The van der Waals surface area contributed by atoms with Crippen LogP contribution in [0.2, 0.25) is 0 Å². The number of thioether (sulfide) groups is 2. The number of aliphatic carboxylic acids is 1. The smallest absolute Gasteiger partial charge is 0.318 e. The van der Waals surface area contributed by atoms with E-state index in [0.29, 0.717) is 0 Å². The van der Waals surface area contributed by atoms with Gasteiger partial charge in [-0.2, -0.15) is 0 Å². The van der Waals surface area contributed by atoms with Gasteiger partial charge in [0.25, 0.3) is 0 Å². The molecule has 1 unspecified atom stereocenters. The molecule has 1 aliphatic rings. The zero-order valence-electron chi connectivity index (χ0n) is 5.52. The van der Waals surface area contributed by atoms with E-state index in [1.807, 2.05) is 0 Å². The average molecular weight is 193 g/mol. The summed E-state index contributed by atoms with van der Waals surface area (Å²) in [5, 5.41) is 9.40. The molecule has 1 fully saturated rings. The predicted octanol–water partition coefficient (Wildman–Crippen LogP) is -0.0639. The van der Waals surface area contributed by atoms with E-state index in [9.17, 15) is 9.59 Å². The normalized spacial score (nSPS) is 20.4. The average Bonchev–Trinajstić information content (AvgIpc) is 1.75. The van der Waals surface area contributed by atoms with Gasteiger partial charge in [0.2, 0.25) is 5.91 Å². The highest BCUT2D eigenvalue weighted by Crippen LogP contribution is 2.43. The Bertz CT molecular complexity index is 178. The van der Waals surface area contributed by atoms with E-state index in [-0.39, 0.29) is 4.58 Å². The molecule has 0 saturated carbocycles. The summed E-state index contributed by atoms with van der Waals surface area (Å²) in [6.45, 7) is 0. The summed E-state index contributed by atoms with van der Waals surface area (Å²) in [6.07, 6.45) is 0. The molecular weight excluding hydrogens is 186 g/mol. The number of rotatable bonds is 3. The third kappa shape index (κ3) is 1.81. The maximum atomic E-state index is 10.6. The van der Waals surface area contributed by atoms with Crippen LogP contribution < -0.4 is 5.73 Å². The van der Waals surface area contributed by atoms with Crippen LogP contribution in [0.3, 0.4) is 0 Å². The van der Waals surface area contributed by atoms with Crippen LogP contribution in [0, 0.1) is 5.92 Å². The van der Waals surface area contributed by atoms with Crippen molar-refractivity contribution in [1.82, 2.24) is 0 Å². The molecule has 1 atom stereocenters. The summed E-state index contributed by atoms with van der Waals surface area (Å²) in [4.78, 5) is 21.0. The van der Waals surface area contributed by atoms with Crippen molar-refractivity contribution in [1.29, 1.82) is 0 Å². The third-order valence-electron chi connectivity index (χ3n) is 1.31. The molecule has 3 N–H and O–H groups in total. The largest absolute Gasteiger partial charge is 0.481 e. The number of primary amides is 1. The number of nitrogens with two attached hydrogens (primary N) is 1. The van der Waals surface area contributed by atoms with Crippen molar-refractivity contribution in [3.8, 4) is 0 Å². The molecule has 0 aromatic carbocycles. The Morgan fingerprint density at radius 3 is 2.18 bits per heavy atom. The van der Waals surface area contributed by atoms with Gasteiger partial charge in [0.05, 0.1) is 4.58 Å². The third-order valence-corrected chi connectivity index (χ3v) is 4.42. The minimum Gasteiger partial charge on any atom is -0.481 e. The molecule has 62 valence electrons. The van der Waals surface area contributed by atoms with E-state index in [1.54, 1.807) is 0 Å². The van der Waals surface area contributed by atoms with Gasteiger partial charge >= 0.3 is 5.97 Å². The monoisotopic (exact) mass is 193 g/mol. The molecule has 0 aromatic heterocycles. The molecule has 0 radical (unpaired) electrons. The van der Waals surface area contributed by atoms with Gasteiger partial charge in [-0.1, -0.05) is 0 Å². The van der Waals surface area contributed by atoms with Crippen LogP contribution in [-0.4, -0.2) is 26.6 Å². The van der Waals surface area contributed by atoms with E-state index < -0.39 is 17.8 Å². The van der Waals surface area contributed by atoms with Gasteiger partial charge in [-0.05, 0) is 0 Å². The number of carbonyl (C=O) groups excluding carboxylic acids is 1. The van der Waals surface area contributed by atoms with Crippen molar-refractivity contribution in [2.24, 2.45) is 11.7 Å². The highest BCUT2D eigenvalue weighted by molar-refractivity contribution is 8.32. The second kappa shape index (κ2) is 3.36. The lowest BCUT2D eigenvalue weighted by molar-refractivity contribution is -0.145. The fourth-order valence-electron chi connectivity index (χ4n) is 0.711. The Morgan fingerprint density at radius 2 is 2.09 bits per heavy atom. The van der Waals surface area contributed by atoms with E-state index in [4.69, 9.17) is 10.8 Å². The molecule has 6 heteroatoms. The lowest BCUT2D eigenvalue weighted by Gasteiger charge is -2.27. The van der Waals surface area contributed by atoms with Crippen LogP contribution in [0.1, 0.15) is 0 Å². The summed E-state index contributed by atoms with van der Waals surface area (Å²) in [5.41, 5.74) is 4.90. The van der Waals surface area contributed by atoms with Crippen molar-refractivity contribution >= 4 is 35.4 Å². The molecule has 1 aliphatic heterocycles. The summed E-state index contributed by atoms with van der Waals surface area (Å²) in [7, 11) is 0. The van der Waals surface area contributed by atoms with Crippen molar-refractivity contribution in [3.05, 3.63) is 0 Å². The van der Waals surface area contributed by atoms with Crippen LogP contribution in [0.4, 0.5) is 0 Å². The zero-order valence-corrected chi connectivity index (χ0v) is 7.15. The highest BCUT2D eigenvalue weighted by Gasteiger charge is 2.38. The van der Waals surface area contributed by atoms with Crippen LogP contribution in [0.15, 0.2) is 0 Å². The lowest BCUT2D eigenvalue weighted by Crippen LogP contribution is -2.39. The molecule has 4 nitrogen and oxygen atoms in total. The SMILES string of the molecule is NC(=O)C(C(=O)O)C1SCS1. The molecule has 0 spiro atoms. The number of carbonyl (C=O) groups is 2. The molecule has 1 heterocycles.